The first-order chi connectivity index (χ1) is 17.7. The Kier molecular flexibility index (Phi) is 5.25. The highest BCUT2D eigenvalue weighted by Gasteiger charge is 2.59. The van der Waals surface area contributed by atoms with Crippen LogP contribution in [-0.4, -0.2) is 29.1 Å². The normalized spacial score (nSPS) is 21.1. The SMILES string of the molecule is Cc1ccc(NC(=O)NC2[C@H]3Oc4ccc(Oc5ccnc6c5CCC(=O)N6)cc4[C@@H]23)cc1C(F)(F)F. The van der Waals surface area contributed by atoms with Gasteiger partial charge in [-0.3, -0.25) is 4.79 Å². The molecule has 2 aliphatic heterocycles. The van der Waals surface area contributed by atoms with Gasteiger partial charge in [0.2, 0.25) is 5.91 Å². The van der Waals surface area contributed by atoms with Crippen molar-refractivity contribution in [2.75, 3.05) is 10.6 Å². The van der Waals surface area contributed by atoms with E-state index in [0.29, 0.717) is 35.9 Å². The molecule has 1 saturated carbocycles. The molecule has 0 radical (unpaired) electrons. The van der Waals surface area contributed by atoms with E-state index in [9.17, 15) is 22.8 Å². The second-order valence-electron chi connectivity index (χ2n) is 9.25. The van der Waals surface area contributed by atoms with E-state index in [0.717, 1.165) is 17.2 Å². The van der Waals surface area contributed by atoms with Gasteiger partial charge in [0.15, 0.2) is 0 Å². The first kappa shape index (κ1) is 23.1. The van der Waals surface area contributed by atoms with Gasteiger partial charge in [0, 0.05) is 29.4 Å². The van der Waals surface area contributed by atoms with Gasteiger partial charge in [0.05, 0.1) is 17.5 Å². The Morgan fingerprint density at radius 1 is 1.16 bits per heavy atom. The van der Waals surface area contributed by atoms with Crippen molar-refractivity contribution in [3.05, 3.63) is 70.9 Å². The van der Waals surface area contributed by atoms with E-state index in [1.165, 1.54) is 19.1 Å². The minimum absolute atomic E-state index is 0.0510. The highest BCUT2D eigenvalue weighted by atomic mass is 19.4. The second-order valence-corrected chi connectivity index (χ2v) is 9.25. The molecule has 6 rings (SSSR count). The fourth-order valence-electron chi connectivity index (χ4n) is 4.88. The molecule has 11 heteroatoms. The maximum absolute atomic E-state index is 13.2. The maximum Gasteiger partial charge on any atom is 0.416 e. The number of anilines is 2. The Balaban J connectivity index is 1.13. The van der Waals surface area contributed by atoms with Crippen LogP contribution in [0.3, 0.4) is 0 Å². The van der Waals surface area contributed by atoms with E-state index in [1.54, 1.807) is 24.4 Å². The number of nitrogens with one attached hydrogen (secondary N) is 3. The molecule has 190 valence electrons. The van der Waals surface area contributed by atoms with Crippen molar-refractivity contribution < 1.29 is 32.2 Å². The molecule has 0 spiro atoms. The van der Waals surface area contributed by atoms with Crippen LogP contribution in [0.25, 0.3) is 0 Å². The highest BCUT2D eigenvalue weighted by Crippen LogP contribution is 2.54. The number of aromatic nitrogens is 1. The van der Waals surface area contributed by atoms with Crippen LogP contribution in [-0.2, 0) is 17.4 Å². The lowest BCUT2D eigenvalue weighted by Gasteiger charge is -2.19. The molecule has 1 aliphatic carbocycles. The lowest BCUT2D eigenvalue weighted by Crippen LogP contribution is -2.34. The van der Waals surface area contributed by atoms with Gasteiger partial charge in [-0.1, -0.05) is 6.07 Å². The van der Waals surface area contributed by atoms with Crippen LogP contribution in [0.4, 0.5) is 29.5 Å². The second kappa shape index (κ2) is 8.39. The van der Waals surface area contributed by atoms with Crippen molar-refractivity contribution in [1.82, 2.24) is 10.3 Å². The standard InChI is InChI=1S/C26H21F3N4O4/c1-12-2-3-13(10-17(12)26(27,28)29)31-25(35)33-22-21-16-11-14(4-6-18(16)37-23(21)22)36-19-8-9-30-24-15(19)5-7-20(34)32-24/h2-4,6,8-11,21-23H,5,7H2,1H3,(H,30,32,34)(H2,31,33,35)/t21-,22?,23-/m0/s1. The summed E-state index contributed by atoms with van der Waals surface area (Å²) in [5.41, 5.74) is 1.03. The zero-order valence-electron chi connectivity index (χ0n) is 19.5. The molecule has 1 unspecified atom stereocenters. The quantitative estimate of drug-likeness (QED) is 0.452. The fourth-order valence-corrected chi connectivity index (χ4v) is 4.88. The molecule has 0 bridgehead atoms. The van der Waals surface area contributed by atoms with Gasteiger partial charge >= 0.3 is 12.2 Å². The average molecular weight is 510 g/mol. The monoisotopic (exact) mass is 510 g/mol. The van der Waals surface area contributed by atoms with Crippen molar-refractivity contribution in [2.45, 2.75) is 44.0 Å². The fraction of sp³-hybridized carbons (Fsp3) is 0.269. The summed E-state index contributed by atoms with van der Waals surface area (Å²) in [6.45, 7) is 1.37. The smallest absolute Gasteiger partial charge is 0.416 e. The summed E-state index contributed by atoms with van der Waals surface area (Å²) in [6, 6.07) is 9.90. The Morgan fingerprint density at radius 3 is 2.81 bits per heavy atom. The topological polar surface area (TPSA) is 102 Å². The van der Waals surface area contributed by atoms with Crippen LogP contribution in [0, 0.1) is 6.92 Å². The predicted octanol–water partition coefficient (Wildman–Crippen LogP) is 5.13. The van der Waals surface area contributed by atoms with Crippen LogP contribution in [0.15, 0.2) is 48.7 Å². The maximum atomic E-state index is 13.2. The number of fused-ring (bicyclic) bond motifs is 4. The van der Waals surface area contributed by atoms with Gasteiger partial charge < -0.3 is 25.4 Å². The molecule has 2 aromatic carbocycles. The molecule has 3 aromatic rings. The number of halogens is 3. The molecule has 3 heterocycles. The number of alkyl halides is 3. The first-order valence-corrected chi connectivity index (χ1v) is 11.7. The van der Waals surface area contributed by atoms with Crippen molar-refractivity contribution in [3.63, 3.8) is 0 Å². The zero-order valence-corrected chi connectivity index (χ0v) is 19.5. The number of carbonyl (C=O) groups excluding carboxylic acids is 2. The van der Waals surface area contributed by atoms with E-state index in [-0.39, 0.29) is 35.2 Å². The summed E-state index contributed by atoms with van der Waals surface area (Å²) in [4.78, 5) is 28.4. The predicted molar refractivity (Wildman–Crippen MR) is 127 cm³/mol. The summed E-state index contributed by atoms with van der Waals surface area (Å²) < 4.78 is 51.6. The minimum atomic E-state index is -4.51. The summed E-state index contributed by atoms with van der Waals surface area (Å²) in [7, 11) is 0. The lowest BCUT2D eigenvalue weighted by atomic mass is 10.1. The number of rotatable bonds is 4. The van der Waals surface area contributed by atoms with Crippen LogP contribution < -0.4 is 25.4 Å². The Labute approximate surface area is 209 Å². The lowest BCUT2D eigenvalue weighted by molar-refractivity contribution is -0.138. The van der Waals surface area contributed by atoms with Crippen molar-refractivity contribution >= 4 is 23.4 Å². The number of benzene rings is 2. The molecule has 0 saturated heterocycles. The van der Waals surface area contributed by atoms with E-state index in [2.05, 4.69) is 20.9 Å². The Bertz CT molecular complexity index is 1440. The van der Waals surface area contributed by atoms with Gasteiger partial charge in [0.1, 0.15) is 29.2 Å². The van der Waals surface area contributed by atoms with Crippen LogP contribution >= 0.6 is 0 Å². The first-order valence-electron chi connectivity index (χ1n) is 11.7. The molecular weight excluding hydrogens is 489 g/mol. The molecule has 3 atom stereocenters. The Morgan fingerprint density at radius 2 is 2.00 bits per heavy atom. The Hall–Kier alpha value is -4.28. The molecular formula is C26H21F3N4O4. The molecule has 1 aromatic heterocycles. The number of hydrogen-bond acceptors (Lipinski definition) is 5. The third kappa shape index (κ3) is 4.30. The van der Waals surface area contributed by atoms with Crippen molar-refractivity contribution in [1.29, 1.82) is 0 Å². The molecule has 1 fully saturated rings. The van der Waals surface area contributed by atoms with Crippen LogP contribution in [0.1, 0.15) is 34.6 Å². The van der Waals surface area contributed by atoms with Crippen LogP contribution in [0.2, 0.25) is 0 Å². The largest absolute Gasteiger partial charge is 0.487 e. The minimum Gasteiger partial charge on any atom is -0.487 e. The molecule has 8 nitrogen and oxygen atoms in total. The van der Waals surface area contributed by atoms with Gasteiger partial charge in [0.25, 0.3) is 0 Å². The van der Waals surface area contributed by atoms with Crippen molar-refractivity contribution in [3.8, 4) is 17.2 Å². The van der Waals surface area contributed by atoms with E-state index in [4.69, 9.17) is 9.47 Å². The summed E-state index contributed by atoms with van der Waals surface area (Å²) in [5, 5.41) is 8.01. The highest BCUT2D eigenvalue weighted by molar-refractivity contribution is 5.93. The third-order valence-electron chi connectivity index (χ3n) is 6.76. The molecule has 3 aliphatic rings. The number of pyridine rings is 1. The number of nitrogens with zero attached hydrogens (tertiary/aromatic N) is 1. The summed E-state index contributed by atoms with van der Waals surface area (Å²) >= 11 is 0. The van der Waals surface area contributed by atoms with Gasteiger partial charge in [-0.05, 0) is 55.3 Å². The van der Waals surface area contributed by atoms with Gasteiger partial charge in [-0.25, -0.2) is 9.78 Å². The van der Waals surface area contributed by atoms with Gasteiger partial charge in [-0.15, -0.1) is 0 Å². The summed E-state index contributed by atoms with van der Waals surface area (Å²) in [6.07, 6.45) is -2.32. The third-order valence-corrected chi connectivity index (χ3v) is 6.76. The molecule has 3 amide bonds. The van der Waals surface area contributed by atoms with E-state index >= 15 is 0 Å². The number of urea groups is 1. The summed E-state index contributed by atoms with van der Waals surface area (Å²) in [5.74, 6) is 2.17. The number of carbonyl (C=O) groups is 2. The van der Waals surface area contributed by atoms with E-state index in [1.807, 2.05) is 6.07 Å². The zero-order chi connectivity index (χ0) is 25.9. The van der Waals surface area contributed by atoms with E-state index < -0.39 is 17.8 Å². The number of aryl methyl sites for hydroxylation is 1. The number of ether oxygens (including phenoxy) is 2. The number of hydrogen-bond donors (Lipinski definition) is 3. The van der Waals surface area contributed by atoms with Crippen molar-refractivity contribution in [2.24, 2.45) is 0 Å². The molecule has 37 heavy (non-hydrogen) atoms. The average Bonchev–Trinajstić information content (AvgIpc) is 3.35. The van der Waals surface area contributed by atoms with Gasteiger partial charge in [-0.2, -0.15) is 13.2 Å². The molecule has 3 N–H and O–H groups in total. The van der Waals surface area contributed by atoms with Crippen LogP contribution in [0.5, 0.6) is 17.2 Å². The number of amides is 3.